The minimum atomic E-state index is 0.00912. The molecule has 1 saturated heterocycles. The molecule has 1 amide bonds. The lowest BCUT2D eigenvalue weighted by Crippen LogP contribution is -2.39. The zero-order chi connectivity index (χ0) is 19.7. The number of fused-ring (bicyclic) bond motifs is 1. The summed E-state index contributed by atoms with van der Waals surface area (Å²) in [5, 5.41) is 8.71. The van der Waals surface area contributed by atoms with Gasteiger partial charge in [0.1, 0.15) is 0 Å². The first-order chi connectivity index (χ1) is 13.5. The van der Waals surface area contributed by atoms with Crippen LogP contribution in [0.2, 0.25) is 0 Å². The van der Waals surface area contributed by atoms with Crippen molar-refractivity contribution in [1.29, 1.82) is 0 Å². The summed E-state index contributed by atoms with van der Waals surface area (Å²) in [5.74, 6) is 2.03. The van der Waals surface area contributed by atoms with Gasteiger partial charge in [0, 0.05) is 39.1 Å². The number of carbonyl (C=O) groups is 1. The number of carbonyl (C=O) groups excluding carboxylic acids is 1. The van der Waals surface area contributed by atoms with Crippen LogP contribution in [0.15, 0.2) is 10.6 Å². The molecule has 4 rings (SSSR count). The lowest BCUT2D eigenvalue weighted by molar-refractivity contribution is 0.0688. The van der Waals surface area contributed by atoms with Gasteiger partial charge in [-0.05, 0) is 38.3 Å². The Morgan fingerprint density at radius 3 is 2.96 bits per heavy atom. The zero-order valence-corrected chi connectivity index (χ0v) is 17.1. The summed E-state index contributed by atoms with van der Waals surface area (Å²) in [7, 11) is 2.11. The molecule has 8 nitrogen and oxygen atoms in total. The largest absolute Gasteiger partial charge is 0.339 e. The Balaban J connectivity index is 1.45. The van der Waals surface area contributed by atoms with Gasteiger partial charge in [-0.1, -0.05) is 19.0 Å². The van der Waals surface area contributed by atoms with Gasteiger partial charge in [-0.3, -0.25) is 9.48 Å². The highest BCUT2D eigenvalue weighted by molar-refractivity contribution is 5.92. The lowest BCUT2D eigenvalue weighted by atomic mass is 9.97. The first-order valence-electron chi connectivity index (χ1n) is 10.4. The molecule has 1 fully saturated rings. The van der Waals surface area contributed by atoms with Crippen LogP contribution in [0, 0.1) is 5.92 Å². The second kappa shape index (κ2) is 8.03. The van der Waals surface area contributed by atoms with Gasteiger partial charge in [0.2, 0.25) is 5.89 Å². The van der Waals surface area contributed by atoms with E-state index in [4.69, 9.17) is 4.52 Å². The van der Waals surface area contributed by atoms with E-state index in [1.807, 2.05) is 15.6 Å². The van der Waals surface area contributed by atoms with Gasteiger partial charge < -0.3 is 14.3 Å². The average Bonchev–Trinajstić information content (AvgIpc) is 3.24. The van der Waals surface area contributed by atoms with Crippen LogP contribution in [-0.2, 0) is 19.5 Å². The van der Waals surface area contributed by atoms with Crippen LogP contribution in [-0.4, -0.2) is 62.3 Å². The minimum Gasteiger partial charge on any atom is -0.339 e. The third-order valence-corrected chi connectivity index (χ3v) is 5.56. The molecule has 1 atom stereocenters. The molecule has 28 heavy (non-hydrogen) atoms. The molecule has 1 unspecified atom stereocenters. The molecule has 0 saturated carbocycles. The van der Waals surface area contributed by atoms with E-state index in [9.17, 15) is 4.79 Å². The van der Waals surface area contributed by atoms with Gasteiger partial charge in [-0.2, -0.15) is 10.1 Å². The van der Waals surface area contributed by atoms with Crippen LogP contribution in [0.3, 0.4) is 0 Å². The van der Waals surface area contributed by atoms with Crippen molar-refractivity contribution in [2.45, 2.75) is 58.5 Å². The molecule has 0 radical (unpaired) electrons. The summed E-state index contributed by atoms with van der Waals surface area (Å²) in [6.07, 6.45) is 3.78. The molecular formula is C20H30N6O2. The Morgan fingerprint density at radius 2 is 2.14 bits per heavy atom. The Morgan fingerprint density at radius 1 is 1.29 bits per heavy atom. The predicted octanol–water partition coefficient (Wildman–Crippen LogP) is 2.32. The topological polar surface area (TPSA) is 80.3 Å². The fraction of sp³-hybridized carbons (Fsp3) is 0.700. The third-order valence-electron chi connectivity index (χ3n) is 5.56. The fourth-order valence-corrected chi connectivity index (χ4v) is 4.13. The first kappa shape index (κ1) is 19.1. The number of aromatic nitrogens is 4. The summed E-state index contributed by atoms with van der Waals surface area (Å²) in [6.45, 7) is 8.42. The number of amides is 1. The monoisotopic (exact) mass is 386 g/mol. The lowest BCUT2D eigenvalue weighted by Gasteiger charge is -2.30. The van der Waals surface area contributed by atoms with Crippen molar-refractivity contribution >= 4 is 5.91 Å². The molecule has 0 aromatic carbocycles. The number of hydrogen-bond donors (Lipinski definition) is 0. The standard InChI is InChI=1S/C20H30N6O2/c1-14(2)10-18-21-19(28-23-18)15-6-4-8-25(12-15)20(27)17-11-16-13-24(3)7-5-9-26(16)22-17/h11,14-15H,4-10,12-13H2,1-3H3. The second-order valence-corrected chi connectivity index (χ2v) is 8.57. The Kier molecular flexibility index (Phi) is 5.48. The van der Waals surface area contributed by atoms with Crippen LogP contribution in [0.4, 0.5) is 0 Å². The molecule has 0 bridgehead atoms. The Bertz CT molecular complexity index is 827. The number of likely N-dealkylation sites (tertiary alicyclic amines) is 1. The highest BCUT2D eigenvalue weighted by Crippen LogP contribution is 2.27. The van der Waals surface area contributed by atoms with E-state index in [1.165, 1.54) is 0 Å². The van der Waals surface area contributed by atoms with Crippen molar-refractivity contribution < 1.29 is 9.32 Å². The van der Waals surface area contributed by atoms with E-state index in [1.54, 1.807) is 0 Å². The highest BCUT2D eigenvalue weighted by atomic mass is 16.5. The number of hydrogen-bond acceptors (Lipinski definition) is 6. The van der Waals surface area contributed by atoms with Crippen LogP contribution >= 0.6 is 0 Å². The van der Waals surface area contributed by atoms with Gasteiger partial charge in [0.05, 0.1) is 11.6 Å². The molecule has 8 heteroatoms. The average molecular weight is 387 g/mol. The molecule has 2 aliphatic rings. The summed E-state index contributed by atoms with van der Waals surface area (Å²) in [5.41, 5.74) is 1.67. The van der Waals surface area contributed by atoms with Crippen molar-refractivity contribution in [3.8, 4) is 0 Å². The van der Waals surface area contributed by atoms with Crippen molar-refractivity contribution in [3.05, 3.63) is 29.2 Å². The quantitative estimate of drug-likeness (QED) is 0.802. The number of piperidine rings is 1. The van der Waals surface area contributed by atoms with E-state index in [0.29, 0.717) is 24.0 Å². The van der Waals surface area contributed by atoms with E-state index in [0.717, 1.165) is 63.4 Å². The first-order valence-corrected chi connectivity index (χ1v) is 10.4. The third kappa shape index (κ3) is 4.11. The molecule has 0 aliphatic carbocycles. The molecule has 2 aliphatic heterocycles. The van der Waals surface area contributed by atoms with Crippen LogP contribution in [0.5, 0.6) is 0 Å². The van der Waals surface area contributed by atoms with E-state index in [2.05, 4.69) is 41.0 Å². The molecule has 0 spiro atoms. The summed E-state index contributed by atoms with van der Waals surface area (Å²) >= 11 is 0. The maximum atomic E-state index is 13.1. The van der Waals surface area contributed by atoms with Gasteiger partial charge in [-0.15, -0.1) is 0 Å². The minimum absolute atomic E-state index is 0.00912. The van der Waals surface area contributed by atoms with Crippen LogP contribution < -0.4 is 0 Å². The van der Waals surface area contributed by atoms with E-state index < -0.39 is 0 Å². The Hall–Kier alpha value is -2.22. The summed E-state index contributed by atoms with van der Waals surface area (Å²) in [4.78, 5) is 21.8. The smallest absolute Gasteiger partial charge is 0.274 e. The zero-order valence-electron chi connectivity index (χ0n) is 17.1. The molecule has 152 valence electrons. The van der Waals surface area contributed by atoms with Gasteiger partial charge in [0.25, 0.3) is 5.91 Å². The maximum absolute atomic E-state index is 13.1. The number of rotatable bonds is 4. The van der Waals surface area contributed by atoms with E-state index in [-0.39, 0.29) is 11.8 Å². The second-order valence-electron chi connectivity index (χ2n) is 8.57. The summed E-state index contributed by atoms with van der Waals surface area (Å²) in [6, 6.07) is 1.96. The SMILES string of the molecule is CC(C)Cc1noc(C2CCCN(C(=O)c3cc4n(n3)CCCN(C)C4)C2)n1. The van der Waals surface area contributed by atoms with Gasteiger partial charge in [0.15, 0.2) is 11.5 Å². The normalized spacial score (nSPS) is 21.0. The van der Waals surface area contributed by atoms with Crippen molar-refractivity contribution in [3.63, 3.8) is 0 Å². The Labute approximate surface area is 165 Å². The molecule has 2 aromatic rings. The van der Waals surface area contributed by atoms with Crippen molar-refractivity contribution in [1.82, 2.24) is 29.7 Å². The van der Waals surface area contributed by atoms with Crippen LogP contribution in [0.1, 0.15) is 66.9 Å². The maximum Gasteiger partial charge on any atom is 0.274 e. The van der Waals surface area contributed by atoms with Gasteiger partial charge in [-0.25, -0.2) is 0 Å². The molecule has 0 N–H and O–H groups in total. The molecular weight excluding hydrogens is 356 g/mol. The van der Waals surface area contributed by atoms with Gasteiger partial charge >= 0.3 is 0 Å². The van der Waals surface area contributed by atoms with Crippen molar-refractivity contribution in [2.24, 2.45) is 5.92 Å². The van der Waals surface area contributed by atoms with Crippen LogP contribution in [0.25, 0.3) is 0 Å². The molecule has 2 aromatic heterocycles. The van der Waals surface area contributed by atoms with E-state index >= 15 is 0 Å². The predicted molar refractivity (Wildman–Crippen MR) is 104 cm³/mol. The number of nitrogens with zero attached hydrogens (tertiary/aromatic N) is 6. The molecule has 4 heterocycles. The summed E-state index contributed by atoms with van der Waals surface area (Å²) < 4.78 is 7.50. The highest BCUT2D eigenvalue weighted by Gasteiger charge is 2.30. The number of aryl methyl sites for hydroxylation is 1. The van der Waals surface area contributed by atoms with Crippen molar-refractivity contribution in [2.75, 3.05) is 26.7 Å². The fourth-order valence-electron chi connectivity index (χ4n) is 4.13.